The highest BCUT2D eigenvalue weighted by molar-refractivity contribution is 9.10. The number of halogens is 1. The van der Waals surface area contributed by atoms with Crippen molar-refractivity contribution >= 4 is 28.3 Å². The van der Waals surface area contributed by atoms with Crippen molar-refractivity contribution in [2.75, 3.05) is 20.2 Å². The fourth-order valence-electron chi connectivity index (χ4n) is 1.24. The zero-order chi connectivity index (χ0) is 12.0. The van der Waals surface area contributed by atoms with Crippen LogP contribution in [0.25, 0.3) is 6.08 Å². The second-order valence-corrected chi connectivity index (χ2v) is 4.33. The lowest BCUT2D eigenvalue weighted by atomic mass is 10.1. The van der Waals surface area contributed by atoms with Crippen LogP contribution >= 0.6 is 15.9 Å². The minimum atomic E-state index is 0.111. The summed E-state index contributed by atoms with van der Waals surface area (Å²) in [5.41, 5.74) is 1.51. The maximum Gasteiger partial charge on any atom is 0.150 e. The maximum absolute atomic E-state index is 10.8. The fraction of sp³-hybridized carbons (Fsp3) is 0.250. The molecular weight excluding hydrogens is 270 g/mol. The summed E-state index contributed by atoms with van der Waals surface area (Å²) in [7, 11) is 1.87. The molecule has 0 heterocycles. The third-order valence-electron chi connectivity index (χ3n) is 2.14. The normalized spacial score (nSPS) is 10.7. The molecule has 0 bridgehead atoms. The Morgan fingerprint density at radius 1 is 1.44 bits per heavy atom. The van der Waals surface area contributed by atoms with Crippen LogP contribution in [-0.2, 0) is 0 Å². The molecule has 0 unspecified atom stereocenters. The number of hydrogen-bond acceptors (Lipinski definition) is 3. The van der Waals surface area contributed by atoms with Crippen LogP contribution in [0.1, 0.15) is 15.9 Å². The molecule has 0 atom stereocenters. The summed E-state index contributed by atoms with van der Waals surface area (Å²) >= 11 is 3.36. The molecule has 0 amide bonds. The standard InChI is InChI=1S/C12H14BrNO2/c1-14(6-7-15)5-4-10-8-12(13)3-2-11(10)9-16/h2-5,8-9,15H,6-7H2,1H3/b5-4-. The molecule has 0 radical (unpaired) electrons. The molecule has 1 aromatic rings. The first-order chi connectivity index (χ1) is 7.67. The van der Waals surface area contributed by atoms with Crippen LogP contribution in [0.5, 0.6) is 0 Å². The van der Waals surface area contributed by atoms with Crippen molar-refractivity contribution in [3.8, 4) is 0 Å². The Kier molecular flexibility index (Phi) is 5.22. The van der Waals surface area contributed by atoms with Crippen molar-refractivity contribution in [3.05, 3.63) is 40.0 Å². The summed E-state index contributed by atoms with van der Waals surface area (Å²) in [4.78, 5) is 12.7. The van der Waals surface area contributed by atoms with E-state index in [1.165, 1.54) is 0 Å². The number of hydrogen-bond donors (Lipinski definition) is 1. The lowest BCUT2D eigenvalue weighted by Crippen LogP contribution is -2.14. The predicted molar refractivity (Wildman–Crippen MR) is 68.3 cm³/mol. The van der Waals surface area contributed by atoms with Crippen molar-refractivity contribution in [1.82, 2.24) is 4.90 Å². The van der Waals surface area contributed by atoms with Crippen LogP contribution in [0.15, 0.2) is 28.9 Å². The summed E-state index contributed by atoms with van der Waals surface area (Å²) < 4.78 is 0.933. The van der Waals surface area contributed by atoms with Gasteiger partial charge in [-0.25, -0.2) is 0 Å². The van der Waals surface area contributed by atoms with E-state index in [0.29, 0.717) is 12.1 Å². The van der Waals surface area contributed by atoms with Gasteiger partial charge in [-0.1, -0.05) is 15.9 Å². The highest BCUT2D eigenvalue weighted by Crippen LogP contribution is 2.16. The molecule has 1 aromatic carbocycles. The van der Waals surface area contributed by atoms with E-state index in [1.54, 1.807) is 6.07 Å². The van der Waals surface area contributed by atoms with Crippen molar-refractivity contribution in [2.45, 2.75) is 0 Å². The number of aldehydes is 1. The van der Waals surface area contributed by atoms with Crippen LogP contribution in [0.2, 0.25) is 0 Å². The Balaban J connectivity index is 2.86. The molecule has 3 nitrogen and oxygen atoms in total. The Morgan fingerprint density at radius 2 is 2.19 bits per heavy atom. The van der Waals surface area contributed by atoms with Gasteiger partial charge in [0.2, 0.25) is 0 Å². The molecule has 0 aromatic heterocycles. The number of carbonyl (C=O) groups excluding carboxylic acids is 1. The summed E-state index contributed by atoms with van der Waals surface area (Å²) in [5, 5.41) is 8.74. The van der Waals surface area contributed by atoms with Crippen LogP contribution in [-0.4, -0.2) is 36.5 Å². The van der Waals surface area contributed by atoms with E-state index in [2.05, 4.69) is 15.9 Å². The van der Waals surface area contributed by atoms with Gasteiger partial charge in [0.1, 0.15) is 0 Å². The highest BCUT2D eigenvalue weighted by atomic mass is 79.9. The van der Waals surface area contributed by atoms with Gasteiger partial charge in [0.25, 0.3) is 0 Å². The van der Waals surface area contributed by atoms with E-state index in [1.807, 2.05) is 36.4 Å². The Labute approximate surface area is 104 Å². The maximum atomic E-state index is 10.8. The van der Waals surface area contributed by atoms with Gasteiger partial charge in [-0.15, -0.1) is 0 Å². The summed E-state index contributed by atoms with van der Waals surface area (Å²) in [6.07, 6.45) is 4.52. The SMILES string of the molecule is CN(/C=C\c1cc(Br)ccc1C=O)CCO. The molecule has 0 saturated heterocycles. The highest BCUT2D eigenvalue weighted by Gasteiger charge is 1.99. The van der Waals surface area contributed by atoms with Gasteiger partial charge >= 0.3 is 0 Å². The second kappa shape index (κ2) is 6.45. The zero-order valence-corrected chi connectivity index (χ0v) is 10.6. The number of rotatable bonds is 5. The summed E-state index contributed by atoms with van der Waals surface area (Å²) in [5.74, 6) is 0. The molecule has 0 fully saturated rings. The number of aliphatic hydroxyl groups is 1. The molecule has 4 heteroatoms. The molecule has 0 saturated carbocycles. The largest absolute Gasteiger partial charge is 0.395 e. The third-order valence-corrected chi connectivity index (χ3v) is 2.63. The molecule has 0 spiro atoms. The van der Waals surface area contributed by atoms with Crippen LogP contribution in [0, 0.1) is 0 Å². The number of aliphatic hydroxyl groups excluding tert-OH is 1. The number of benzene rings is 1. The van der Waals surface area contributed by atoms with Gasteiger partial charge in [-0.3, -0.25) is 4.79 Å². The van der Waals surface area contributed by atoms with Gasteiger partial charge in [0, 0.05) is 23.6 Å². The lowest BCUT2D eigenvalue weighted by Gasteiger charge is -2.11. The minimum absolute atomic E-state index is 0.111. The van der Waals surface area contributed by atoms with Crippen molar-refractivity contribution in [2.24, 2.45) is 0 Å². The first-order valence-electron chi connectivity index (χ1n) is 4.91. The Hall–Kier alpha value is -1.13. The Morgan fingerprint density at radius 3 is 2.81 bits per heavy atom. The predicted octanol–water partition coefficient (Wildman–Crippen LogP) is 2.16. The van der Waals surface area contributed by atoms with E-state index in [4.69, 9.17) is 5.11 Å². The average molecular weight is 284 g/mol. The molecule has 1 N–H and O–H groups in total. The zero-order valence-electron chi connectivity index (χ0n) is 9.06. The summed E-state index contributed by atoms with van der Waals surface area (Å²) in [6.45, 7) is 0.681. The molecule has 86 valence electrons. The quantitative estimate of drug-likeness (QED) is 0.842. The molecule has 1 rings (SSSR count). The first kappa shape index (κ1) is 12.9. The summed E-state index contributed by atoms with van der Waals surface area (Å²) in [6, 6.07) is 5.48. The number of carbonyl (C=O) groups is 1. The molecule has 0 aliphatic heterocycles. The van der Waals surface area contributed by atoms with E-state index in [0.717, 1.165) is 16.3 Å². The topological polar surface area (TPSA) is 40.5 Å². The lowest BCUT2D eigenvalue weighted by molar-refractivity contribution is 0.112. The van der Waals surface area contributed by atoms with Crippen molar-refractivity contribution in [1.29, 1.82) is 0 Å². The van der Waals surface area contributed by atoms with E-state index < -0.39 is 0 Å². The first-order valence-corrected chi connectivity index (χ1v) is 5.70. The van der Waals surface area contributed by atoms with Crippen LogP contribution in [0.4, 0.5) is 0 Å². The molecular formula is C12H14BrNO2. The van der Waals surface area contributed by atoms with Gasteiger partial charge in [0.05, 0.1) is 6.61 Å². The monoisotopic (exact) mass is 283 g/mol. The van der Waals surface area contributed by atoms with Crippen molar-refractivity contribution in [3.63, 3.8) is 0 Å². The Bertz CT molecular complexity index is 391. The number of likely N-dealkylation sites (N-methyl/N-ethyl adjacent to an activating group) is 1. The fourth-order valence-corrected chi connectivity index (χ4v) is 1.62. The number of nitrogens with zero attached hydrogens (tertiary/aromatic N) is 1. The van der Waals surface area contributed by atoms with Crippen LogP contribution in [0.3, 0.4) is 0 Å². The van der Waals surface area contributed by atoms with Gasteiger partial charge < -0.3 is 10.0 Å². The molecule has 0 aliphatic rings. The molecule has 0 aliphatic carbocycles. The van der Waals surface area contributed by atoms with Crippen LogP contribution < -0.4 is 0 Å². The van der Waals surface area contributed by atoms with Crippen molar-refractivity contribution < 1.29 is 9.90 Å². The molecule has 16 heavy (non-hydrogen) atoms. The average Bonchev–Trinajstić information content (AvgIpc) is 2.27. The van der Waals surface area contributed by atoms with Gasteiger partial charge in [-0.2, -0.15) is 0 Å². The third kappa shape index (κ3) is 3.79. The minimum Gasteiger partial charge on any atom is -0.395 e. The van der Waals surface area contributed by atoms with E-state index in [-0.39, 0.29) is 6.61 Å². The second-order valence-electron chi connectivity index (χ2n) is 3.41. The van der Waals surface area contributed by atoms with Gasteiger partial charge in [-0.05, 0) is 36.0 Å². The smallest absolute Gasteiger partial charge is 0.150 e. The van der Waals surface area contributed by atoms with Gasteiger partial charge in [0.15, 0.2) is 6.29 Å². The van der Waals surface area contributed by atoms with E-state index in [9.17, 15) is 4.79 Å². The van der Waals surface area contributed by atoms with E-state index >= 15 is 0 Å².